The van der Waals surface area contributed by atoms with Crippen LogP contribution in [0.15, 0.2) is 0 Å². The van der Waals surface area contributed by atoms with Crippen LogP contribution in [0.4, 0.5) is 0 Å². The molecule has 0 radical (unpaired) electrons. The number of aliphatic hydroxyl groups excluding tert-OH is 1. The molecule has 0 aliphatic carbocycles. The van der Waals surface area contributed by atoms with Gasteiger partial charge in [-0.15, -0.1) is 0 Å². The molecule has 2 heterocycles. The number of nitrogens with zero attached hydrogens (tertiary/aromatic N) is 2. The van der Waals surface area contributed by atoms with Gasteiger partial charge in [0.05, 0.1) is 18.3 Å². The third kappa shape index (κ3) is 1.66. The van der Waals surface area contributed by atoms with Gasteiger partial charge in [-0.2, -0.15) is 0 Å². The first kappa shape index (κ1) is 9.99. The first-order valence-electron chi connectivity index (χ1n) is 5.14. The number of hydrogen-bond acceptors (Lipinski definition) is 2. The van der Waals surface area contributed by atoms with Gasteiger partial charge in [0.25, 0.3) is 0 Å². The summed E-state index contributed by atoms with van der Waals surface area (Å²) in [7, 11) is 0. The molecule has 1 atom stereocenters. The van der Waals surface area contributed by atoms with E-state index in [9.17, 15) is 5.11 Å². The van der Waals surface area contributed by atoms with E-state index >= 15 is 0 Å². The Bertz CT molecular complexity index is 335. The normalized spacial score (nSPS) is 20.9. The zero-order valence-electron chi connectivity index (χ0n) is 8.33. The number of rotatable bonds is 2. The maximum absolute atomic E-state index is 9.57. The van der Waals surface area contributed by atoms with Gasteiger partial charge >= 0.3 is 0 Å². The summed E-state index contributed by atoms with van der Waals surface area (Å²) in [5.41, 5.74) is 1.10. The Hall–Kier alpha value is -0.540. The molecule has 1 N–H and O–H groups in total. The quantitative estimate of drug-likeness (QED) is 0.815. The second-order valence-corrected chi connectivity index (χ2v) is 4.18. The fourth-order valence-electron chi connectivity index (χ4n) is 1.98. The molecule has 0 saturated heterocycles. The van der Waals surface area contributed by atoms with E-state index in [0.717, 1.165) is 37.2 Å². The Labute approximate surface area is 88.7 Å². The first-order valence-corrected chi connectivity index (χ1v) is 5.52. The van der Waals surface area contributed by atoms with Crippen LogP contribution in [-0.4, -0.2) is 20.8 Å². The molecule has 4 heteroatoms. The highest BCUT2D eigenvalue weighted by molar-refractivity contribution is 6.30. The van der Waals surface area contributed by atoms with E-state index in [1.807, 2.05) is 0 Å². The molecular weight excluding hydrogens is 200 g/mol. The summed E-state index contributed by atoms with van der Waals surface area (Å²) in [6, 6.07) is 0. The highest BCUT2D eigenvalue weighted by atomic mass is 35.5. The summed E-state index contributed by atoms with van der Waals surface area (Å²) in [5, 5.41) is 10.2. The van der Waals surface area contributed by atoms with E-state index in [2.05, 4.69) is 16.5 Å². The summed E-state index contributed by atoms with van der Waals surface area (Å²) in [4.78, 5) is 4.33. The molecule has 78 valence electrons. The molecule has 1 aliphatic rings. The van der Waals surface area contributed by atoms with Gasteiger partial charge in [0.15, 0.2) is 5.15 Å². The summed E-state index contributed by atoms with van der Waals surface area (Å²) in [6.45, 7) is 2.78. The van der Waals surface area contributed by atoms with E-state index < -0.39 is 0 Å². The van der Waals surface area contributed by atoms with Crippen LogP contribution in [0, 0.1) is 0 Å². The number of aryl methyl sites for hydroxylation is 1. The van der Waals surface area contributed by atoms with Crippen molar-refractivity contribution in [3.05, 3.63) is 16.7 Å². The minimum atomic E-state index is -0.233. The third-order valence-electron chi connectivity index (χ3n) is 2.68. The Kier molecular flexibility index (Phi) is 2.79. The zero-order valence-corrected chi connectivity index (χ0v) is 9.09. The molecule has 0 spiro atoms. The van der Waals surface area contributed by atoms with Crippen LogP contribution in [0.25, 0.3) is 0 Å². The second kappa shape index (κ2) is 3.91. The van der Waals surface area contributed by atoms with Crippen LogP contribution < -0.4 is 0 Å². The molecule has 2 rings (SSSR count). The zero-order chi connectivity index (χ0) is 10.1. The average Bonchev–Trinajstić information content (AvgIpc) is 2.44. The van der Waals surface area contributed by atoms with Crippen molar-refractivity contribution in [2.24, 2.45) is 0 Å². The Morgan fingerprint density at radius 3 is 3.14 bits per heavy atom. The van der Waals surface area contributed by atoms with Gasteiger partial charge < -0.3 is 9.67 Å². The topological polar surface area (TPSA) is 38.0 Å². The van der Waals surface area contributed by atoms with Crippen LogP contribution in [-0.2, 0) is 19.4 Å². The first-order chi connectivity index (χ1) is 6.72. The van der Waals surface area contributed by atoms with E-state index in [1.54, 1.807) is 0 Å². The van der Waals surface area contributed by atoms with Gasteiger partial charge in [-0.05, 0) is 19.3 Å². The average molecular weight is 215 g/mol. The molecule has 0 fully saturated rings. The lowest BCUT2D eigenvalue weighted by Crippen LogP contribution is -2.25. The van der Waals surface area contributed by atoms with Gasteiger partial charge in [-0.1, -0.05) is 18.5 Å². The lowest BCUT2D eigenvalue weighted by atomic mass is 10.1. The predicted molar refractivity (Wildman–Crippen MR) is 55.6 cm³/mol. The maximum atomic E-state index is 9.57. The molecule has 0 saturated carbocycles. The largest absolute Gasteiger partial charge is 0.391 e. The Morgan fingerprint density at radius 1 is 1.64 bits per heavy atom. The van der Waals surface area contributed by atoms with E-state index in [4.69, 9.17) is 11.6 Å². The maximum Gasteiger partial charge on any atom is 0.150 e. The van der Waals surface area contributed by atoms with E-state index in [-0.39, 0.29) is 6.10 Å². The molecule has 1 aliphatic heterocycles. The van der Waals surface area contributed by atoms with Crippen LogP contribution >= 0.6 is 11.6 Å². The van der Waals surface area contributed by atoms with Crippen molar-refractivity contribution < 1.29 is 5.11 Å². The number of aliphatic hydroxyl groups is 1. The number of hydrogen-bond donors (Lipinski definition) is 1. The SMILES string of the molecule is CCCc1nc(Cl)c2n1CC(O)CC2. The molecule has 0 aromatic carbocycles. The number of aromatic nitrogens is 2. The fraction of sp³-hybridized carbons (Fsp3) is 0.700. The highest BCUT2D eigenvalue weighted by Crippen LogP contribution is 2.25. The van der Waals surface area contributed by atoms with E-state index in [0.29, 0.717) is 11.7 Å². The smallest absolute Gasteiger partial charge is 0.150 e. The van der Waals surface area contributed by atoms with Crippen molar-refractivity contribution in [1.29, 1.82) is 0 Å². The van der Waals surface area contributed by atoms with Crippen molar-refractivity contribution in [3.8, 4) is 0 Å². The molecule has 1 unspecified atom stereocenters. The van der Waals surface area contributed by atoms with Crippen LogP contribution in [0.2, 0.25) is 5.15 Å². The monoisotopic (exact) mass is 214 g/mol. The summed E-state index contributed by atoms with van der Waals surface area (Å²) in [5.74, 6) is 1.02. The standard InChI is InChI=1S/C10H15ClN2O/c1-2-3-9-12-10(11)8-5-4-7(14)6-13(8)9/h7,14H,2-6H2,1H3. The molecular formula is C10H15ClN2O. The minimum absolute atomic E-state index is 0.233. The lowest BCUT2D eigenvalue weighted by Gasteiger charge is -2.21. The van der Waals surface area contributed by atoms with Gasteiger partial charge in [0, 0.05) is 6.42 Å². The van der Waals surface area contributed by atoms with Crippen LogP contribution in [0.5, 0.6) is 0 Å². The second-order valence-electron chi connectivity index (χ2n) is 3.82. The lowest BCUT2D eigenvalue weighted by molar-refractivity contribution is 0.130. The molecule has 14 heavy (non-hydrogen) atoms. The minimum Gasteiger partial charge on any atom is -0.391 e. The van der Waals surface area contributed by atoms with Gasteiger partial charge in [-0.25, -0.2) is 4.98 Å². The molecule has 1 aromatic rings. The van der Waals surface area contributed by atoms with Crippen molar-refractivity contribution in [3.63, 3.8) is 0 Å². The van der Waals surface area contributed by atoms with Gasteiger partial charge in [-0.3, -0.25) is 0 Å². The van der Waals surface area contributed by atoms with Crippen molar-refractivity contribution in [1.82, 2.24) is 9.55 Å². The predicted octanol–water partition coefficient (Wildman–Crippen LogP) is 1.80. The van der Waals surface area contributed by atoms with Crippen molar-refractivity contribution in [2.45, 2.75) is 45.3 Å². The highest BCUT2D eigenvalue weighted by Gasteiger charge is 2.22. The molecule has 1 aromatic heterocycles. The Morgan fingerprint density at radius 2 is 2.43 bits per heavy atom. The van der Waals surface area contributed by atoms with Crippen molar-refractivity contribution >= 4 is 11.6 Å². The third-order valence-corrected chi connectivity index (χ3v) is 2.99. The van der Waals surface area contributed by atoms with Crippen LogP contribution in [0.3, 0.4) is 0 Å². The van der Waals surface area contributed by atoms with E-state index in [1.165, 1.54) is 0 Å². The molecule has 0 bridgehead atoms. The van der Waals surface area contributed by atoms with Gasteiger partial charge in [0.2, 0.25) is 0 Å². The molecule has 3 nitrogen and oxygen atoms in total. The summed E-state index contributed by atoms with van der Waals surface area (Å²) >= 11 is 6.03. The molecule has 0 amide bonds. The Balaban J connectivity index is 2.34. The van der Waals surface area contributed by atoms with Crippen LogP contribution in [0.1, 0.15) is 31.3 Å². The van der Waals surface area contributed by atoms with Gasteiger partial charge in [0.1, 0.15) is 5.82 Å². The number of halogens is 1. The number of fused-ring (bicyclic) bond motifs is 1. The summed E-state index contributed by atoms with van der Waals surface area (Å²) in [6.07, 6.45) is 3.41. The number of imidazole rings is 1. The van der Waals surface area contributed by atoms with Crippen molar-refractivity contribution in [2.75, 3.05) is 0 Å². The summed E-state index contributed by atoms with van der Waals surface area (Å²) < 4.78 is 2.08. The fourth-order valence-corrected chi connectivity index (χ4v) is 2.27.